The first-order chi connectivity index (χ1) is 12.6. The van der Waals surface area contributed by atoms with Gasteiger partial charge in [0.2, 0.25) is 0 Å². The van der Waals surface area contributed by atoms with Crippen molar-refractivity contribution in [2.45, 2.75) is 12.7 Å². The molecule has 142 valence electrons. The molecule has 3 rings (SSSR count). The van der Waals surface area contributed by atoms with E-state index in [2.05, 4.69) is 15.5 Å². The number of halogens is 5. The summed E-state index contributed by atoms with van der Waals surface area (Å²) in [6.07, 6.45) is -3.23. The molecule has 0 saturated heterocycles. The summed E-state index contributed by atoms with van der Waals surface area (Å²) >= 11 is 6.01. The van der Waals surface area contributed by atoms with Crippen molar-refractivity contribution in [2.75, 3.05) is 5.32 Å². The Morgan fingerprint density at radius 1 is 1.26 bits per heavy atom. The van der Waals surface area contributed by atoms with Gasteiger partial charge in [-0.1, -0.05) is 23.7 Å². The molecule has 0 atom stereocenters. The van der Waals surface area contributed by atoms with Crippen molar-refractivity contribution in [3.63, 3.8) is 0 Å². The second kappa shape index (κ2) is 7.03. The van der Waals surface area contributed by atoms with Crippen LogP contribution in [-0.2, 0) is 19.8 Å². The molecule has 2 heterocycles. The molecule has 0 spiro atoms. The lowest BCUT2D eigenvalue weighted by atomic mass is 10.2. The lowest BCUT2D eigenvalue weighted by Gasteiger charge is -2.04. The summed E-state index contributed by atoms with van der Waals surface area (Å²) in [5.74, 6) is -1.34. The Balaban J connectivity index is 1.76. The predicted molar refractivity (Wildman–Crippen MR) is 88.9 cm³/mol. The molecule has 27 heavy (non-hydrogen) atoms. The Morgan fingerprint density at radius 2 is 2.00 bits per heavy atom. The largest absolute Gasteiger partial charge is 0.433 e. The lowest BCUT2D eigenvalue weighted by Crippen LogP contribution is -2.14. The zero-order valence-electron chi connectivity index (χ0n) is 13.8. The summed E-state index contributed by atoms with van der Waals surface area (Å²) in [5, 5.41) is 10.00. The average molecular weight is 402 g/mol. The minimum Gasteiger partial charge on any atom is -0.302 e. The molecule has 0 aliphatic heterocycles. The number of hydrogen-bond acceptors (Lipinski definition) is 3. The number of rotatable bonds is 4. The number of aryl methyl sites for hydroxylation is 1. The van der Waals surface area contributed by atoms with Crippen molar-refractivity contribution < 1.29 is 22.4 Å². The molecule has 0 aliphatic rings. The maximum atomic E-state index is 13.2. The van der Waals surface area contributed by atoms with Crippen molar-refractivity contribution in [3.8, 4) is 0 Å². The standard InChI is InChI=1S/C16H12ClF4N5O/c1-25-13(16(19,20)21)6-12(23-25)15(27)22-14-11(17)8-26(24-14)7-9-3-2-4-10(18)5-9/h2-6,8H,7H2,1H3,(H,22,24,27). The third kappa shape index (κ3) is 4.27. The number of aromatic nitrogens is 4. The Kier molecular flexibility index (Phi) is 4.92. The number of nitrogens with one attached hydrogen (secondary N) is 1. The van der Waals surface area contributed by atoms with E-state index in [0.717, 1.165) is 7.05 Å². The van der Waals surface area contributed by atoms with Gasteiger partial charge in [0.05, 0.1) is 6.54 Å². The van der Waals surface area contributed by atoms with Gasteiger partial charge in [0, 0.05) is 19.3 Å². The highest BCUT2D eigenvalue weighted by Crippen LogP contribution is 2.29. The second-order valence-electron chi connectivity index (χ2n) is 5.64. The number of nitrogens with zero attached hydrogens (tertiary/aromatic N) is 4. The van der Waals surface area contributed by atoms with Crippen LogP contribution in [-0.4, -0.2) is 25.5 Å². The van der Waals surface area contributed by atoms with Crippen molar-refractivity contribution >= 4 is 23.3 Å². The molecule has 0 aliphatic carbocycles. The van der Waals surface area contributed by atoms with Crippen LogP contribution in [0.15, 0.2) is 36.5 Å². The molecule has 0 fully saturated rings. The molecule has 1 N–H and O–H groups in total. The molecule has 1 aromatic carbocycles. The van der Waals surface area contributed by atoms with Crippen molar-refractivity contribution in [1.29, 1.82) is 0 Å². The normalized spacial score (nSPS) is 11.6. The van der Waals surface area contributed by atoms with E-state index >= 15 is 0 Å². The summed E-state index contributed by atoms with van der Waals surface area (Å²) in [4.78, 5) is 12.2. The Morgan fingerprint density at radius 3 is 2.63 bits per heavy atom. The van der Waals surface area contributed by atoms with Crippen LogP contribution in [0.1, 0.15) is 21.7 Å². The maximum absolute atomic E-state index is 13.2. The highest BCUT2D eigenvalue weighted by molar-refractivity contribution is 6.33. The fourth-order valence-electron chi connectivity index (χ4n) is 2.40. The van der Waals surface area contributed by atoms with Crippen LogP contribution < -0.4 is 5.32 Å². The summed E-state index contributed by atoms with van der Waals surface area (Å²) in [5.41, 5.74) is -0.873. The van der Waals surface area contributed by atoms with Gasteiger partial charge in [-0.3, -0.25) is 14.2 Å². The van der Waals surface area contributed by atoms with E-state index in [0.29, 0.717) is 16.3 Å². The number of benzene rings is 1. The number of carbonyl (C=O) groups excluding carboxylic acids is 1. The van der Waals surface area contributed by atoms with Crippen LogP contribution >= 0.6 is 11.6 Å². The van der Waals surface area contributed by atoms with Crippen LogP contribution in [0.3, 0.4) is 0 Å². The molecular weight excluding hydrogens is 390 g/mol. The number of anilines is 1. The number of amides is 1. The summed E-state index contributed by atoms with van der Waals surface area (Å²) in [7, 11) is 1.08. The second-order valence-corrected chi connectivity index (χ2v) is 6.05. The zero-order chi connectivity index (χ0) is 19.8. The van der Waals surface area contributed by atoms with Gasteiger partial charge in [-0.05, 0) is 17.7 Å². The molecule has 0 unspecified atom stereocenters. The number of alkyl halides is 3. The molecular formula is C16H12ClF4N5O. The molecule has 2 aromatic heterocycles. The molecule has 3 aromatic rings. The topological polar surface area (TPSA) is 64.7 Å². The van der Waals surface area contributed by atoms with E-state index in [1.54, 1.807) is 6.07 Å². The zero-order valence-corrected chi connectivity index (χ0v) is 14.5. The van der Waals surface area contributed by atoms with Crippen LogP contribution in [0.2, 0.25) is 5.02 Å². The van der Waals surface area contributed by atoms with E-state index in [1.165, 1.54) is 29.1 Å². The van der Waals surface area contributed by atoms with E-state index in [-0.39, 0.29) is 17.4 Å². The highest BCUT2D eigenvalue weighted by Gasteiger charge is 2.35. The molecule has 0 saturated carbocycles. The third-order valence-corrected chi connectivity index (χ3v) is 3.86. The quantitative estimate of drug-likeness (QED) is 0.677. The van der Waals surface area contributed by atoms with Gasteiger partial charge >= 0.3 is 6.18 Å². The first kappa shape index (κ1) is 18.9. The van der Waals surface area contributed by atoms with Crippen LogP contribution in [0.5, 0.6) is 0 Å². The Labute approximate surface area is 155 Å². The molecule has 11 heteroatoms. The fourth-order valence-corrected chi connectivity index (χ4v) is 2.60. The van der Waals surface area contributed by atoms with Crippen LogP contribution in [0.4, 0.5) is 23.4 Å². The van der Waals surface area contributed by atoms with Gasteiger partial charge in [0.1, 0.15) is 16.5 Å². The SMILES string of the molecule is Cn1nc(C(=O)Nc2nn(Cc3cccc(F)c3)cc2Cl)cc1C(F)(F)F. The minimum atomic E-state index is -4.63. The van der Waals surface area contributed by atoms with Gasteiger partial charge in [0.15, 0.2) is 11.5 Å². The first-order valence-corrected chi connectivity index (χ1v) is 7.91. The smallest absolute Gasteiger partial charge is 0.302 e. The maximum Gasteiger partial charge on any atom is 0.433 e. The van der Waals surface area contributed by atoms with Crippen molar-refractivity contribution in [2.24, 2.45) is 7.05 Å². The van der Waals surface area contributed by atoms with Gasteiger partial charge < -0.3 is 5.32 Å². The summed E-state index contributed by atoms with van der Waals surface area (Å²) < 4.78 is 53.6. The van der Waals surface area contributed by atoms with Gasteiger partial charge in [0.25, 0.3) is 5.91 Å². The van der Waals surface area contributed by atoms with E-state index in [4.69, 9.17) is 11.6 Å². The molecule has 6 nitrogen and oxygen atoms in total. The summed E-state index contributed by atoms with van der Waals surface area (Å²) in [6, 6.07) is 6.47. The summed E-state index contributed by atoms with van der Waals surface area (Å²) in [6.45, 7) is 0.190. The van der Waals surface area contributed by atoms with E-state index in [9.17, 15) is 22.4 Å². The van der Waals surface area contributed by atoms with Crippen LogP contribution in [0.25, 0.3) is 0 Å². The Bertz CT molecular complexity index is 995. The Hall–Kier alpha value is -2.88. The molecule has 1 amide bonds. The first-order valence-electron chi connectivity index (χ1n) is 7.53. The van der Waals surface area contributed by atoms with Crippen molar-refractivity contribution in [1.82, 2.24) is 19.6 Å². The lowest BCUT2D eigenvalue weighted by molar-refractivity contribution is -0.143. The molecule has 0 bridgehead atoms. The minimum absolute atomic E-state index is 0.0442. The fraction of sp³-hybridized carbons (Fsp3) is 0.188. The van der Waals surface area contributed by atoms with Gasteiger partial charge in [-0.15, -0.1) is 0 Å². The van der Waals surface area contributed by atoms with Gasteiger partial charge in [-0.2, -0.15) is 23.4 Å². The van der Waals surface area contributed by atoms with Crippen LogP contribution in [0, 0.1) is 5.82 Å². The van der Waals surface area contributed by atoms with Gasteiger partial charge in [-0.25, -0.2) is 4.39 Å². The van der Waals surface area contributed by atoms with E-state index < -0.39 is 29.3 Å². The predicted octanol–water partition coefficient (Wildman–Crippen LogP) is 3.73. The number of hydrogen-bond donors (Lipinski definition) is 1. The highest BCUT2D eigenvalue weighted by atomic mass is 35.5. The molecule has 0 radical (unpaired) electrons. The average Bonchev–Trinajstić information content (AvgIpc) is 3.10. The number of carbonyl (C=O) groups is 1. The van der Waals surface area contributed by atoms with E-state index in [1.807, 2.05) is 0 Å². The third-order valence-electron chi connectivity index (χ3n) is 3.59. The van der Waals surface area contributed by atoms with Crippen molar-refractivity contribution in [3.05, 3.63) is 64.3 Å². The monoisotopic (exact) mass is 401 g/mol.